The van der Waals surface area contributed by atoms with E-state index < -0.39 is 0 Å². The lowest BCUT2D eigenvalue weighted by Crippen LogP contribution is -2.39. The van der Waals surface area contributed by atoms with Gasteiger partial charge in [0.25, 0.3) is 11.5 Å². The third-order valence-electron chi connectivity index (χ3n) is 5.42. The van der Waals surface area contributed by atoms with E-state index in [0.29, 0.717) is 29.0 Å². The smallest absolute Gasteiger partial charge is 0.275 e. The van der Waals surface area contributed by atoms with Gasteiger partial charge in [0.2, 0.25) is 0 Å². The largest absolute Gasteiger partial charge is 0.398 e. The molecular formula is C20H23N5O2. The highest BCUT2D eigenvalue weighted by molar-refractivity contribution is 5.99. The number of likely N-dealkylation sites (tertiary alicyclic amines) is 1. The molecule has 0 saturated carbocycles. The number of aryl methyl sites for hydroxylation is 1. The minimum atomic E-state index is -0.132. The van der Waals surface area contributed by atoms with Crippen molar-refractivity contribution in [1.82, 2.24) is 19.5 Å². The first-order valence-corrected chi connectivity index (χ1v) is 9.21. The van der Waals surface area contributed by atoms with Crippen LogP contribution in [0.15, 0.2) is 35.1 Å². The zero-order chi connectivity index (χ0) is 19.1. The topological polar surface area (TPSA) is 96.5 Å². The first-order chi connectivity index (χ1) is 13.0. The lowest BCUT2D eigenvalue weighted by Gasteiger charge is -2.35. The second-order valence-corrected chi connectivity index (χ2v) is 7.13. The normalized spacial score (nSPS) is 17.4. The van der Waals surface area contributed by atoms with E-state index >= 15 is 0 Å². The van der Waals surface area contributed by atoms with Crippen molar-refractivity contribution in [2.45, 2.75) is 39.2 Å². The van der Waals surface area contributed by atoms with Gasteiger partial charge in [-0.25, -0.2) is 9.50 Å². The summed E-state index contributed by atoms with van der Waals surface area (Å²) in [7, 11) is 0. The molecule has 1 aromatic carbocycles. The fourth-order valence-electron chi connectivity index (χ4n) is 3.75. The number of nitrogen functional groups attached to an aromatic ring is 1. The van der Waals surface area contributed by atoms with Crippen molar-refractivity contribution in [1.29, 1.82) is 0 Å². The van der Waals surface area contributed by atoms with Crippen molar-refractivity contribution in [2.75, 3.05) is 12.3 Å². The molecule has 0 unspecified atom stereocenters. The molecule has 7 heteroatoms. The lowest BCUT2D eigenvalue weighted by molar-refractivity contribution is 0.0607. The molecule has 0 radical (unpaired) electrons. The molecule has 1 aliphatic rings. The number of aromatic amines is 1. The van der Waals surface area contributed by atoms with Crippen molar-refractivity contribution in [3.05, 3.63) is 63.2 Å². The molecule has 1 fully saturated rings. The van der Waals surface area contributed by atoms with Crippen molar-refractivity contribution < 1.29 is 4.79 Å². The number of hydrogen-bond acceptors (Lipinski definition) is 4. The lowest BCUT2D eigenvalue weighted by atomic mass is 9.98. The van der Waals surface area contributed by atoms with Crippen LogP contribution in [0.5, 0.6) is 0 Å². The third kappa shape index (κ3) is 2.89. The molecule has 2 aromatic heterocycles. The third-order valence-corrected chi connectivity index (χ3v) is 5.42. The number of anilines is 1. The van der Waals surface area contributed by atoms with Gasteiger partial charge < -0.3 is 10.6 Å². The Morgan fingerprint density at radius 2 is 2.04 bits per heavy atom. The SMILES string of the molecule is Cc1nc2cc([C@@H]3CCCCN3C(=O)c3ccccc3N)[nH]n2c(=O)c1C. The number of fused-ring (bicyclic) bond motifs is 1. The van der Waals surface area contributed by atoms with Crippen molar-refractivity contribution in [3.8, 4) is 0 Å². The second kappa shape index (κ2) is 6.57. The molecule has 3 heterocycles. The summed E-state index contributed by atoms with van der Waals surface area (Å²) in [5.74, 6) is -0.0795. The highest BCUT2D eigenvalue weighted by atomic mass is 16.2. The number of aromatic nitrogens is 3. The van der Waals surface area contributed by atoms with Crippen LogP contribution in [0, 0.1) is 13.8 Å². The van der Waals surface area contributed by atoms with Crippen LogP contribution in [0.1, 0.15) is 52.6 Å². The van der Waals surface area contributed by atoms with Crippen LogP contribution in [0.3, 0.4) is 0 Å². The molecule has 3 N–H and O–H groups in total. The van der Waals surface area contributed by atoms with E-state index in [0.717, 1.165) is 30.7 Å². The first kappa shape index (κ1) is 17.3. The summed E-state index contributed by atoms with van der Waals surface area (Å²) in [4.78, 5) is 32.0. The van der Waals surface area contributed by atoms with Crippen molar-refractivity contribution in [2.24, 2.45) is 0 Å². The summed E-state index contributed by atoms with van der Waals surface area (Å²) in [6, 6.07) is 8.88. The Hall–Kier alpha value is -3.09. The fourth-order valence-corrected chi connectivity index (χ4v) is 3.75. The maximum absolute atomic E-state index is 13.1. The van der Waals surface area contributed by atoms with Crippen LogP contribution < -0.4 is 11.3 Å². The van der Waals surface area contributed by atoms with Gasteiger partial charge in [0.05, 0.1) is 17.3 Å². The molecule has 7 nitrogen and oxygen atoms in total. The van der Waals surface area contributed by atoms with Gasteiger partial charge in [-0.2, -0.15) is 0 Å². The van der Waals surface area contributed by atoms with Crippen LogP contribution in [0.25, 0.3) is 5.65 Å². The monoisotopic (exact) mass is 365 g/mol. The van der Waals surface area contributed by atoms with Gasteiger partial charge in [0.15, 0.2) is 5.65 Å². The average Bonchev–Trinajstić information content (AvgIpc) is 3.10. The van der Waals surface area contributed by atoms with Crippen molar-refractivity contribution >= 4 is 17.2 Å². The van der Waals surface area contributed by atoms with E-state index in [-0.39, 0.29) is 17.5 Å². The van der Waals surface area contributed by atoms with Gasteiger partial charge in [-0.1, -0.05) is 12.1 Å². The number of piperidine rings is 1. The van der Waals surface area contributed by atoms with Gasteiger partial charge in [-0.15, -0.1) is 0 Å². The molecule has 4 rings (SSSR count). The number of para-hydroxylation sites is 1. The Bertz CT molecular complexity index is 1080. The maximum atomic E-state index is 13.1. The number of H-pyrrole nitrogens is 1. The molecule has 1 aliphatic heterocycles. The predicted molar refractivity (Wildman–Crippen MR) is 104 cm³/mol. The van der Waals surface area contributed by atoms with Crippen molar-refractivity contribution in [3.63, 3.8) is 0 Å². The molecule has 1 atom stereocenters. The van der Waals surface area contributed by atoms with E-state index in [1.54, 1.807) is 19.1 Å². The summed E-state index contributed by atoms with van der Waals surface area (Å²) >= 11 is 0. The highest BCUT2D eigenvalue weighted by Gasteiger charge is 2.31. The number of nitrogens with zero attached hydrogens (tertiary/aromatic N) is 3. The highest BCUT2D eigenvalue weighted by Crippen LogP contribution is 2.32. The van der Waals surface area contributed by atoms with Gasteiger partial charge in [0.1, 0.15) is 0 Å². The van der Waals surface area contributed by atoms with Crippen LogP contribution in [0.2, 0.25) is 0 Å². The Morgan fingerprint density at radius 3 is 2.81 bits per heavy atom. The molecule has 1 saturated heterocycles. The van der Waals surface area contributed by atoms with Gasteiger partial charge in [0, 0.05) is 29.6 Å². The summed E-state index contributed by atoms with van der Waals surface area (Å²) in [5.41, 5.74) is 9.65. The number of nitrogens with two attached hydrogens (primary N) is 1. The van der Waals surface area contributed by atoms with Crippen LogP contribution in [-0.4, -0.2) is 31.9 Å². The molecule has 0 spiro atoms. The summed E-state index contributed by atoms with van der Waals surface area (Å²) in [5, 5.41) is 3.17. The standard InChI is InChI=1S/C20H23N5O2/c1-12-13(2)22-18-11-16(23-25(18)19(12)26)17-9-5-6-10-24(17)20(27)14-7-3-4-8-15(14)21/h3-4,7-8,11,17,23H,5-6,9-10,21H2,1-2H3/t17-/m0/s1. The van der Waals surface area contributed by atoms with E-state index in [9.17, 15) is 9.59 Å². The maximum Gasteiger partial charge on any atom is 0.275 e. The van der Waals surface area contributed by atoms with Gasteiger partial charge in [-0.05, 0) is 45.2 Å². The number of amides is 1. The molecule has 27 heavy (non-hydrogen) atoms. The van der Waals surface area contributed by atoms with Crippen LogP contribution in [0.4, 0.5) is 5.69 Å². The fraction of sp³-hybridized carbons (Fsp3) is 0.350. The first-order valence-electron chi connectivity index (χ1n) is 9.21. The van der Waals surface area contributed by atoms with E-state index in [1.165, 1.54) is 4.52 Å². The number of carbonyl (C=O) groups excluding carboxylic acids is 1. The van der Waals surface area contributed by atoms with E-state index in [1.807, 2.05) is 30.0 Å². The Labute approximate surface area is 156 Å². The summed E-state index contributed by atoms with van der Waals surface area (Å²) < 4.78 is 1.46. The number of nitrogens with one attached hydrogen (secondary N) is 1. The number of carbonyl (C=O) groups is 1. The number of benzene rings is 1. The Morgan fingerprint density at radius 1 is 1.26 bits per heavy atom. The second-order valence-electron chi connectivity index (χ2n) is 7.13. The summed E-state index contributed by atoms with van der Waals surface area (Å²) in [6.07, 6.45) is 2.80. The molecule has 1 amide bonds. The molecular weight excluding hydrogens is 342 g/mol. The van der Waals surface area contributed by atoms with Gasteiger partial charge in [-0.3, -0.25) is 14.7 Å². The van der Waals surface area contributed by atoms with Gasteiger partial charge >= 0.3 is 0 Å². The predicted octanol–water partition coefficient (Wildman–Crippen LogP) is 2.59. The number of hydrogen-bond donors (Lipinski definition) is 2. The molecule has 0 aliphatic carbocycles. The average molecular weight is 365 g/mol. The molecule has 0 bridgehead atoms. The zero-order valence-electron chi connectivity index (χ0n) is 15.5. The number of rotatable bonds is 2. The zero-order valence-corrected chi connectivity index (χ0v) is 15.5. The molecule has 3 aromatic rings. The summed E-state index contributed by atoms with van der Waals surface area (Å²) in [6.45, 7) is 4.26. The van der Waals surface area contributed by atoms with Crippen LogP contribution in [-0.2, 0) is 0 Å². The molecule has 140 valence electrons. The minimum Gasteiger partial charge on any atom is -0.398 e. The quantitative estimate of drug-likeness (QED) is 0.682. The van der Waals surface area contributed by atoms with E-state index in [2.05, 4.69) is 10.1 Å². The Balaban J connectivity index is 1.76. The van der Waals surface area contributed by atoms with Crippen LogP contribution >= 0.6 is 0 Å². The minimum absolute atomic E-state index is 0.0795. The van der Waals surface area contributed by atoms with E-state index in [4.69, 9.17) is 5.73 Å². The Kier molecular flexibility index (Phi) is 4.22.